The van der Waals surface area contributed by atoms with Crippen LogP contribution in [0.2, 0.25) is 0 Å². The molecule has 75 heavy (non-hydrogen) atoms. The number of carbonyl (C=O) groups excluding carboxylic acids is 2. The molecule has 0 saturated carbocycles. The first-order chi connectivity index (χ1) is 35.2. The van der Waals surface area contributed by atoms with Crippen LogP contribution in [0.15, 0.2) is 73.3 Å². The Morgan fingerprint density at radius 2 is 0.973 bits per heavy atom. The quantitative estimate of drug-likeness (QED) is 0.0484. The lowest BCUT2D eigenvalue weighted by Crippen LogP contribution is -2.58. The highest BCUT2D eigenvalue weighted by Gasteiger charge is 2.45. The first-order valence-electron chi connectivity index (χ1n) is 25.8. The summed E-state index contributed by atoms with van der Waals surface area (Å²) in [6.45, 7) is 18.6. The van der Waals surface area contributed by atoms with E-state index < -0.39 is 74.3 Å². The molecule has 4 saturated heterocycles. The van der Waals surface area contributed by atoms with Crippen LogP contribution >= 0.6 is 46.6 Å². The molecule has 0 aromatic heterocycles. The summed E-state index contributed by atoms with van der Waals surface area (Å²) in [7, 11) is 0. The summed E-state index contributed by atoms with van der Waals surface area (Å²) in [5.41, 5.74) is 2.60. The second kappa shape index (κ2) is 32.9. The second-order valence-corrected chi connectivity index (χ2v) is 20.9. The summed E-state index contributed by atoms with van der Waals surface area (Å²) in [6.07, 6.45) is 1.08. The van der Waals surface area contributed by atoms with Gasteiger partial charge in [0.05, 0.1) is 43.7 Å². The Bertz CT molecular complexity index is 2140. The van der Waals surface area contributed by atoms with E-state index in [1.165, 1.54) is 23.0 Å². The van der Waals surface area contributed by atoms with Crippen molar-refractivity contribution in [2.75, 3.05) is 13.2 Å². The zero-order valence-corrected chi connectivity index (χ0v) is 48.8. The van der Waals surface area contributed by atoms with Gasteiger partial charge >= 0.3 is 11.9 Å². The highest BCUT2D eigenvalue weighted by molar-refractivity contribution is 14.1. The van der Waals surface area contributed by atoms with Crippen LogP contribution in [0.4, 0.5) is 0 Å². The number of benzene rings is 2. The van der Waals surface area contributed by atoms with E-state index in [0.29, 0.717) is 29.2 Å². The van der Waals surface area contributed by atoms with Crippen LogP contribution in [0.5, 0.6) is 0 Å². The van der Waals surface area contributed by atoms with E-state index in [-0.39, 0.29) is 79.0 Å². The zero-order valence-electron chi connectivity index (χ0n) is 44.3. The van der Waals surface area contributed by atoms with E-state index in [0.717, 1.165) is 31.2 Å². The molecule has 2 aromatic carbocycles. The van der Waals surface area contributed by atoms with E-state index in [4.69, 9.17) is 28.4 Å². The molecule has 8 N–H and O–H groups in total. The van der Waals surface area contributed by atoms with Crippen molar-refractivity contribution in [3.05, 3.63) is 93.6 Å². The van der Waals surface area contributed by atoms with Gasteiger partial charge in [-0.3, -0.25) is 9.59 Å². The van der Waals surface area contributed by atoms with E-state index >= 15 is 0 Å². The topological polar surface area (TPSA) is 251 Å². The smallest absolute Gasteiger partial charge is 0.303 e. The van der Waals surface area contributed by atoms with Crippen LogP contribution < -0.4 is 0 Å². The summed E-state index contributed by atoms with van der Waals surface area (Å²) in [6, 6.07) is 15.4. The van der Waals surface area contributed by atoms with Crippen molar-refractivity contribution in [2.45, 2.75) is 185 Å². The molecular formula is C57H82I2O16. The number of hydrogen-bond donors (Lipinski definition) is 8. The number of rotatable bonds is 14. The van der Waals surface area contributed by atoms with Gasteiger partial charge in [-0.25, -0.2) is 0 Å². The van der Waals surface area contributed by atoms with Crippen LogP contribution in [-0.4, -0.2) is 164 Å². The molecule has 4 heterocycles. The molecule has 2 aromatic rings. The predicted octanol–water partition coefficient (Wildman–Crippen LogP) is 5.76. The third-order valence-electron chi connectivity index (χ3n) is 14.5. The van der Waals surface area contributed by atoms with Gasteiger partial charge in [0, 0.05) is 34.8 Å². The fourth-order valence-corrected chi connectivity index (χ4v) is 10.1. The molecule has 4 aliphatic rings. The first kappa shape index (κ1) is 66.4. The zero-order chi connectivity index (χ0) is 54.8. The summed E-state index contributed by atoms with van der Waals surface area (Å²) in [5, 5.41) is 77.8. The Morgan fingerprint density at radius 1 is 0.573 bits per heavy atom. The molecule has 4 fully saturated rings. The number of aliphatic hydroxyl groups is 8. The lowest BCUT2D eigenvalue weighted by molar-refractivity contribution is -0.227. The highest BCUT2D eigenvalue weighted by atomic mass is 127. The lowest BCUT2D eigenvalue weighted by Gasteiger charge is -2.44. The van der Waals surface area contributed by atoms with Crippen molar-refractivity contribution >= 4 is 70.7 Å². The van der Waals surface area contributed by atoms with E-state index in [2.05, 4.69) is 119 Å². The Balaban J connectivity index is 0.000000311. The maximum atomic E-state index is 11.5. The fourth-order valence-electron chi connectivity index (χ4n) is 9.71. The van der Waals surface area contributed by atoms with Gasteiger partial charge in [-0.1, -0.05) is 108 Å². The molecule has 20 atom stereocenters. The number of aliphatic hydroxyl groups excluding tert-OH is 8. The van der Waals surface area contributed by atoms with Gasteiger partial charge in [-0.2, -0.15) is 0 Å². The molecular weight excluding hydrogens is 1190 g/mol. The standard InChI is InChI=1S/C23H30O10.C20H27IO3.C14H24O3.HI/c24-10-16-20(28)22(30)18(26)14(32-16)3-1-2-12-4-6-13(7-5-12)8-9-15-19(27)23(31)21(29)17(11-25)33-15;1-5-18-13(2)14(3)20(23-15(4)22)19(24-18)8-6-7-16-9-11-17(21)12-10-16;1-6-8-13-14(16-11(5)15)10(4)9(3)12(7-2)17-13;/h1-2,4-7,14-31H,3,10-11H2;6-7,9-14,18-20H,5,8H2,1-4H3;6,9-10,12-14H,1,7-8H2,2-5H3;1H/b2-1+;7-6+;;/t14-,15-,16-,17-,18-,19-,20-,21-,22-,23-;13-,14-,18+,19+,20-;9-,10-,12+,13+,14-;/m100./s1. The summed E-state index contributed by atoms with van der Waals surface area (Å²) >= 11 is 2.30. The van der Waals surface area contributed by atoms with Crippen LogP contribution in [0.3, 0.4) is 0 Å². The van der Waals surface area contributed by atoms with Crippen LogP contribution in [0.25, 0.3) is 12.2 Å². The Labute approximate surface area is 474 Å². The van der Waals surface area contributed by atoms with Crippen molar-refractivity contribution < 1.29 is 78.9 Å². The number of ether oxygens (including phenoxy) is 6. The monoisotopic (exact) mass is 1280 g/mol. The minimum Gasteiger partial charge on any atom is -0.459 e. The molecule has 420 valence electrons. The number of esters is 2. The molecule has 16 nitrogen and oxygen atoms in total. The van der Waals surface area contributed by atoms with Gasteiger partial charge in [0.25, 0.3) is 0 Å². The van der Waals surface area contributed by atoms with Crippen molar-refractivity contribution in [1.29, 1.82) is 0 Å². The number of carbonyl (C=O) groups is 2. The average Bonchev–Trinajstić information content (AvgIpc) is 3.38. The van der Waals surface area contributed by atoms with Crippen molar-refractivity contribution in [3.63, 3.8) is 0 Å². The predicted molar refractivity (Wildman–Crippen MR) is 303 cm³/mol. The Hall–Kier alpha value is -2.86. The van der Waals surface area contributed by atoms with Gasteiger partial charge in [-0.05, 0) is 102 Å². The largest absolute Gasteiger partial charge is 0.459 e. The van der Waals surface area contributed by atoms with Gasteiger partial charge < -0.3 is 69.3 Å². The fraction of sp³-hybridized carbons (Fsp3) is 0.614. The molecule has 6 rings (SSSR count). The van der Waals surface area contributed by atoms with Gasteiger partial charge in [0.1, 0.15) is 67.1 Å². The molecule has 0 radical (unpaired) electrons. The third kappa shape index (κ3) is 19.2. The van der Waals surface area contributed by atoms with E-state index in [1.807, 2.05) is 6.08 Å². The third-order valence-corrected chi connectivity index (χ3v) is 15.2. The SMILES string of the molecule is C=CC[C@H]1O[C@H](CC)[C@@H](C)[C@H](C)[C@@H]1OC(C)=O.CC[C@H]1O[C@H](C/C=C/c2ccc(I)cc2)[C@@H](OC(C)=O)[C@@H](C)[C@@H]1C.I.OC[C@H]1O[C@H](C/C=C/c2ccc(C#C[C@H]3O[C@H](CO)[C@@H](O)[C@H](O)[C@@H]3O)cc2)[C@@H](O)[C@@H](O)[C@@H]1O. The molecule has 18 heteroatoms. The minimum atomic E-state index is -1.48. The molecule has 0 bridgehead atoms. The number of halogens is 2. The highest BCUT2D eigenvalue weighted by Crippen LogP contribution is 2.37. The number of hydrogen-bond acceptors (Lipinski definition) is 16. The maximum Gasteiger partial charge on any atom is 0.303 e. The van der Waals surface area contributed by atoms with Crippen molar-refractivity contribution in [1.82, 2.24) is 0 Å². The van der Waals surface area contributed by atoms with E-state index in [9.17, 15) is 50.4 Å². The summed E-state index contributed by atoms with van der Waals surface area (Å²) in [5.74, 6) is 6.47. The van der Waals surface area contributed by atoms with Crippen molar-refractivity contribution in [2.24, 2.45) is 23.7 Å². The Kier molecular flexibility index (Phi) is 29.1. The Morgan fingerprint density at radius 3 is 1.41 bits per heavy atom. The molecule has 0 aliphatic carbocycles. The lowest BCUT2D eigenvalue weighted by atomic mass is 9.79. The maximum absolute atomic E-state index is 11.5. The van der Waals surface area contributed by atoms with E-state index in [1.54, 1.807) is 36.4 Å². The second-order valence-electron chi connectivity index (χ2n) is 19.7. The average molecular weight is 1280 g/mol. The van der Waals surface area contributed by atoms with Crippen LogP contribution in [0.1, 0.15) is 104 Å². The van der Waals surface area contributed by atoms with Crippen LogP contribution in [0, 0.1) is 39.1 Å². The molecule has 0 unspecified atom stereocenters. The van der Waals surface area contributed by atoms with Gasteiger partial charge in [-0.15, -0.1) is 30.6 Å². The molecule has 0 amide bonds. The first-order valence-corrected chi connectivity index (χ1v) is 26.8. The molecule has 0 spiro atoms. The summed E-state index contributed by atoms with van der Waals surface area (Å²) < 4.78 is 35.3. The van der Waals surface area contributed by atoms with Crippen LogP contribution in [-0.2, 0) is 38.0 Å². The van der Waals surface area contributed by atoms with Crippen molar-refractivity contribution in [3.8, 4) is 11.8 Å². The van der Waals surface area contributed by atoms with Gasteiger partial charge in [0.15, 0.2) is 0 Å². The van der Waals surface area contributed by atoms with Gasteiger partial charge in [0.2, 0.25) is 0 Å². The minimum absolute atomic E-state index is 0. The molecule has 4 aliphatic heterocycles. The summed E-state index contributed by atoms with van der Waals surface area (Å²) in [4.78, 5) is 22.7. The normalized spacial score (nSPS) is 35.5.